The van der Waals surface area contributed by atoms with E-state index in [0.29, 0.717) is 17.4 Å². The van der Waals surface area contributed by atoms with Crippen LogP contribution in [0.25, 0.3) is 0 Å². The van der Waals surface area contributed by atoms with Gasteiger partial charge in [-0.25, -0.2) is 4.79 Å². The SMILES string of the molecule is CCOCC(=O)N[C@H](Cc1ccc(OC)c(Cl)c1)C(=O)OC. The molecule has 1 atom stereocenters. The van der Waals surface area contributed by atoms with E-state index in [0.717, 1.165) is 5.56 Å². The summed E-state index contributed by atoms with van der Waals surface area (Å²) in [5, 5.41) is 3.02. The summed E-state index contributed by atoms with van der Waals surface area (Å²) < 4.78 is 14.8. The molecule has 0 aliphatic carbocycles. The molecule has 0 radical (unpaired) electrons. The van der Waals surface area contributed by atoms with Gasteiger partial charge in [0.25, 0.3) is 0 Å². The van der Waals surface area contributed by atoms with Crippen LogP contribution in [0.5, 0.6) is 5.75 Å². The summed E-state index contributed by atoms with van der Waals surface area (Å²) in [5.74, 6) is -0.367. The molecular weight excluding hydrogens is 310 g/mol. The standard InChI is InChI=1S/C15H20ClNO5/c1-4-22-9-14(18)17-12(15(19)21-3)8-10-5-6-13(20-2)11(16)7-10/h5-7,12H,4,8-9H2,1-3H3,(H,17,18)/t12-/m1/s1. The van der Waals surface area contributed by atoms with Gasteiger partial charge in [0.15, 0.2) is 0 Å². The first-order chi connectivity index (χ1) is 10.5. The quantitative estimate of drug-likeness (QED) is 0.733. The van der Waals surface area contributed by atoms with Gasteiger partial charge in [-0.2, -0.15) is 0 Å². The summed E-state index contributed by atoms with van der Waals surface area (Å²) >= 11 is 6.05. The van der Waals surface area contributed by atoms with Crippen molar-refractivity contribution >= 4 is 23.5 Å². The van der Waals surface area contributed by atoms with Crippen LogP contribution in [0, 0.1) is 0 Å². The number of rotatable bonds is 8. The summed E-state index contributed by atoms with van der Waals surface area (Å²) in [6, 6.07) is 4.36. The Morgan fingerprint density at radius 2 is 2.05 bits per heavy atom. The topological polar surface area (TPSA) is 73.9 Å². The van der Waals surface area contributed by atoms with Crippen molar-refractivity contribution in [2.75, 3.05) is 27.4 Å². The summed E-state index contributed by atoms with van der Waals surface area (Å²) in [7, 11) is 2.79. The van der Waals surface area contributed by atoms with E-state index < -0.39 is 12.0 Å². The van der Waals surface area contributed by atoms with E-state index in [1.54, 1.807) is 25.1 Å². The molecule has 0 unspecified atom stereocenters. The molecule has 0 aliphatic rings. The minimum Gasteiger partial charge on any atom is -0.495 e. The molecule has 1 aromatic rings. The van der Waals surface area contributed by atoms with E-state index >= 15 is 0 Å². The van der Waals surface area contributed by atoms with Gasteiger partial charge in [0.2, 0.25) is 5.91 Å². The lowest BCUT2D eigenvalue weighted by Crippen LogP contribution is -2.44. The first-order valence-corrected chi connectivity index (χ1v) is 7.17. The number of halogens is 1. The van der Waals surface area contributed by atoms with Crippen LogP contribution in [0.4, 0.5) is 0 Å². The minimum absolute atomic E-state index is 0.104. The molecule has 122 valence electrons. The highest BCUT2D eigenvalue weighted by Crippen LogP contribution is 2.25. The van der Waals surface area contributed by atoms with Gasteiger partial charge in [0, 0.05) is 13.0 Å². The molecule has 0 saturated heterocycles. The van der Waals surface area contributed by atoms with E-state index in [9.17, 15) is 9.59 Å². The van der Waals surface area contributed by atoms with E-state index in [2.05, 4.69) is 5.32 Å². The molecule has 0 bridgehead atoms. The van der Waals surface area contributed by atoms with Crippen molar-refractivity contribution < 1.29 is 23.8 Å². The summed E-state index contributed by atoms with van der Waals surface area (Å²) in [5.41, 5.74) is 0.776. The Balaban J connectivity index is 2.78. The highest BCUT2D eigenvalue weighted by atomic mass is 35.5. The smallest absolute Gasteiger partial charge is 0.328 e. The Hall–Kier alpha value is -1.79. The molecule has 0 heterocycles. The van der Waals surface area contributed by atoms with Crippen molar-refractivity contribution in [2.24, 2.45) is 0 Å². The first kappa shape index (κ1) is 18.3. The third-order valence-electron chi connectivity index (χ3n) is 2.91. The number of amides is 1. The molecule has 1 amide bonds. The van der Waals surface area contributed by atoms with Gasteiger partial charge < -0.3 is 19.5 Å². The zero-order valence-electron chi connectivity index (χ0n) is 12.8. The van der Waals surface area contributed by atoms with Crippen LogP contribution in [0.2, 0.25) is 5.02 Å². The maximum Gasteiger partial charge on any atom is 0.328 e. The Morgan fingerprint density at radius 3 is 2.59 bits per heavy atom. The lowest BCUT2D eigenvalue weighted by Gasteiger charge is -2.17. The van der Waals surface area contributed by atoms with Gasteiger partial charge in [-0.1, -0.05) is 17.7 Å². The lowest BCUT2D eigenvalue weighted by molar-refractivity contribution is -0.145. The van der Waals surface area contributed by atoms with Gasteiger partial charge in [0.1, 0.15) is 18.4 Å². The van der Waals surface area contributed by atoms with E-state index in [4.69, 9.17) is 25.8 Å². The monoisotopic (exact) mass is 329 g/mol. The maximum absolute atomic E-state index is 11.8. The third kappa shape index (κ3) is 5.54. The van der Waals surface area contributed by atoms with Gasteiger partial charge in [0.05, 0.1) is 19.2 Å². The van der Waals surface area contributed by atoms with E-state index in [-0.39, 0.29) is 18.9 Å². The Kier molecular flexibility index (Phi) is 7.70. The van der Waals surface area contributed by atoms with Crippen LogP contribution in [0.15, 0.2) is 18.2 Å². The Morgan fingerprint density at radius 1 is 1.32 bits per heavy atom. The van der Waals surface area contributed by atoms with Crippen molar-refractivity contribution in [3.8, 4) is 5.75 Å². The van der Waals surface area contributed by atoms with Crippen LogP contribution >= 0.6 is 11.6 Å². The zero-order valence-corrected chi connectivity index (χ0v) is 13.6. The number of ether oxygens (including phenoxy) is 3. The summed E-state index contributed by atoms with van der Waals surface area (Å²) in [6.07, 6.45) is 0.258. The predicted molar refractivity (Wildman–Crippen MR) is 82.1 cm³/mol. The number of esters is 1. The fourth-order valence-corrected chi connectivity index (χ4v) is 2.12. The van der Waals surface area contributed by atoms with Gasteiger partial charge in [-0.3, -0.25) is 4.79 Å². The predicted octanol–water partition coefficient (Wildman–Crippen LogP) is 1.59. The van der Waals surface area contributed by atoms with Crippen LogP contribution in [-0.2, 0) is 25.5 Å². The molecule has 1 rings (SSSR count). The van der Waals surface area contributed by atoms with Gasteiger partial charge >= 0.3 is 5.97 Å². The van der Waals surface area contributed by atoms with Gasteiger partial charge in [-0.05, 0) is 24.6 Å². The second-order valence-electron chi connectivity index (χ2n) is 4.45. The zero-order chi connectivity index (χ0) is 16.5. The number of benzene rings is 1. The number of hydrogen-bond acceptors (Lipinski definition) is 5. The molecule has 0 fully saturated rings. The minimum atomic E-state index is -0.803. The molecule has 0 aliphatic heterocycles. The molecule has 6 nitrogen and oxygen atoms in total. The average Bonchev–Trinajstić information content (AvgIpc) is 2.51. The highest BCUT2D eigenvalue weighted by molar-refractivity contribution is 6.32. The molecule has 1 aromatic carbocycles. The molecule has 7 heteroatoms. The highest BCUT2D eigenvalue weighted by Gasteiger charge is 2.22. The van der Waals surface area contributed by atoms with Crippen LogP contribution in [0.1, 0.15) is 12.5 Å². The number of methoxy groups -OCH3 is 2. The van der Waals surface area contributed by atoms with Crippen molar-refractivity contribution in [3.05, 3.63) is 28.8 Å². The second kappa shape index (κ2) is 9.27. The van der Waals surface area contributed by atoms with Crippen LogP contribution < -0.4 is 10.1 Å². The molecule has 0 spiro atoms. The maximum atomic E-state index is 11.8. The molecule has 22 heavy (non-hydrogen) atoms. The summed E-state index contributed by atoms with van der Waals surface area (Å²) in [4.78, 5) is 23.5. The fourth-order valence-electron chi connectivity index (χ4n) is 1.84. The molecule has 1 N–H and O–H groups in total. The molecule has 0 aromatic heterocycles. The van der Waals surface area contributed by atoms with Crippen molar-refractivity contribution in [1.82, 2.24) is 5.32 Å². The second-order valence-corrected chi connectivity index (χ2v) is 4.86. The number of carbonyl (C=O) groups is 2. The lowest BCUT2D eigenvalue weighted by atomic mass is 10.1. The van der Waals surface area contributed by atoms with Gasteiger partial charge in [-0.15, -0.1) is 0 Å². The van der Waals surface area contributed by atoms with E-state index in [1.165, 1.54) is 14.2 Å². The van der Waals surface area contributed by atoms with Crippen LogP contribution in [0.3, 0.4) is 0 Å². The largest absolute Gasteiger partial charge is 0.495 e. The summed E-state index contributed by atoms with van der Waals surface area (Å²) in [6.45, 7) is 2.10. The number of carbonyl (C=O) groups excluding carboxylic acids is 2. The molecular formula is C15H20ClNO5. The van der Waals surface area contributed by atoms with Crippen LogP contribution in [-0.4, -0.2) is 45.4 Å². The van der Waals surface area contributed by atoms with Crippen molar-refractivity contribution in [1.29, 1.82) is 0 Å². The number of hydrogen-bond donors (Lipinski definition) is 1. The fraction of sp³-hybridized carbons (Fsp3) is 0.467. The van der Waals surface area contributed by atoms with Crippen molar-refractivity contribution in [3.63, 3.8) is 0 Å². The van der Waals surface area contributed by atoms with Crippen molar-refractivity contribution in [2.45, 2.75) is 19.4 Å². The molecule has 0 saturated carbocycles. The normalized spacial score (nSPS) is 11.6. The first-order valence-electron chi connectivity index (χ1n) is 6.79. The Labute approximate surface area is 134 Å². The van der Waals surface area contributed by atoms with E-state index in [1.807, 2.05) is 0 Å². The third-order valence-corrected chi connectivity index (χ3v) is 3.21. The number of nitrogens with one attached hydrogen (secondary N) is 1. The Bertz CT molecular complexity index is 521. The average molecular weight is 330 g/mol.